The first-order valence-corrected chi connectivity index (χ1v) is 9.89. The largest absolute Gasteiger partial charge is 0.294 e. The summed E-state index contributed by atoms with van der Waals surface area (Å²) < 4.78 is 0. The lowest BCUT2D eigenvalue weighted by Gasteiger charge is -2.11. The first kappa shape index (κ1) is 17.7. The van der Waals surface area contributed by atoms with Crippen LogP contribution < -0.4 is 0 Å². The van der Waals surface area contributed by atoms with Crippen molar-refractivity contribution in [2.75, 3.05) is 0 Å². The van der Waals surface area contributed by atoms with E-state index < -0.39 is 0 Å². The van der Waals surface area contributed by atoms with E-state index in [0.717, 1.165) is 39.4 Å². The van der Waals surface area contributed by atoms with Crippen LogP contribution in [0, 0.1) is 6.92 Å². The Kier molecular flexibility index (Phi) is 4.20. The minimum atomic E-state index is -0.240. The number of Topliss-reactive ketones (excluding diaryl/α,β-unsaturated/α-hetero) is 1. The number of carbonyl (C=O) groups is 1. The number of allylic oxidation sites excluding steroid dienone is 1. The highest BCUT2D eigenvalue weighted by Gasteiger charge is 2.27. The molecular formula is C25H21N3O. The molecule has 0 bridgehead atoms. The van der Waals surface area contributed by atoms with E-state index in [4.69, 9.17) is 4.99 Å². The summed E-state index contributed by atoms with van der Waals surface area (Å²) in [4.78, 5) is 26.5. The van der Waals surface area contributed by atoms with Crippen LogP contribution >= 0.6 is 0 Å². The van der Waals surface area contributed by atoms with Crippen molar-refractivity contribution in [2.45, 2.75) is 32.7 Å². The van der Waals surface area contributed by atoms with Gasteiger partial charge in [0.05, 0.1) is 23.9 Å². The molecule has 0 N–H and O–H groups in total. The quantitative estimate of drug-likeness (QED) is 0.673. The van der Waals surface area contributed by atoms with Gasteiger partial charge in [0.2, 0.25) is 0 Å². The molecule has 0 radical (unpaired) electrons. The van der Waals surface area contributed by atoms with Crippen LogP contribution in [-0.2, 0) is 17.8 Å². The van der Waals surface area contributed by atoms with E-state index in [1.807, 2.05) is 50.3 Å². The van der Waals surface area contributed by atoms with Crippen molar-refractivity contribution in [1.29, 1.82) is 0 Å². The fraction of sp³-hybridized carbons (Fsp3) is 0.200. The fourth-order valence-corrected chi connectivity index (χ4v) is 4.18. The number of aryl methyl sites for hydroxylation is 1. The second kappa shape index (κ2) is 6.89. The van der Waals surface area contributed by atoms with Gasteiger partial charge in [0, 0.05) is 41.2 Å². The molecule has 5 rings (SSSR count). The average molecular weight is 379 g/mol. The second-order valence-corrected chi connectivity index (χ2v) is 7.75. The van der Waals surface area contributed by atoms with Gasteiger partial charge >= 0.3 is 0 Å². The van der Waals surface area contributed by atoms with E-state index in [1.54, 1.807) is 12.4 Å². The average Bonchev–Trinajstić information content (AvgIpc) is 3.35. The molecule has 142 valence electrons. The molecule has 2 aliphatic rings. The highest BCUT2D eigenvalue weighted by atomic mass is 16.1. The van der Waals surface area contributed by atoms with Crippen molar-refractivity contribution in [3.05, 3.63) is 99.6 Å². The molecule has 0 fully saturated rings. The molecule has 2 aromatic heterocycles. The Balaban J connectivity index is 1.45. The standard InChI is InChI=1S/C25H21N3O/c1-15-4-3-5-23(28-15)16(2)25(29)20-10-18-12-21-14-27-24(17-6-8-26-9-7-17)22(21)13-19(18)11-20/h3-9,11-13,16H,10,14H2,1-2H3/t16-/m0/s1. The highest BCUT2D eigenvalue weighted by Crippen LogP contribution is 2.34. The summed E-state index contributed by atoms with van der Waals surface area (Å²) >= 11 is 0. The molecular weight excluding hydrogens is 358 g/mol. The summed E-state index contributed by atoms with van der Waals surface area (Å²) in [6.07, 6.45) is 6.32. The summed E-state index contributed by atoms with van der Waals surface area (Å²) in [5, 5.41) is 0. The predicted molar refractivity (Wildman–Crippen MR) is 114 cm³/mol. The Morgan fingerprint density at radius 1 is 1.07 bits per heavy atom. The molecule has 1 aliphatic carbocycles. The van der Waals surface area contributed by atoms with E-state index >= 15 is 0 Å². The first-order valence-electron chi connectivity index (χ1n) is 9.89. The Morgan fingerprint density at radius 3 is 2.69 bits per heavy atom. The summed E-state index contributed by atoms with van der Waals surface area (Å²) in [7, 11) is 0. The molecule has 3 heterocycles. The van der Waals surface area contributed by atoms with Gasteiger partial charge in [-0.1, -0.05) is 12.1 Å². The van der Waals surface area contributed by atoms with E-state index in [2.05, 4.69) is 22.1 Å². The normalized spacial score (nSPS) is 15.4. The Morgan fingerprint density at radius 2 is 1.90 bits per heavy atom. The Bertz CT molecular complexity index is 1190. The molecule has 4 heteroatoms. The van der Waals surface area contributed by atoms with Gasteiger partial charge in [-0.25, -0.2) is 0 Å². The van der Waals surface area contributed by atoms with Crippen LogP contribution in [0.2, 0.25) is 0 Å². The van der Waals surface area contributed by atoms with Crippen LogP contribution in [0.1, 0.15) is 52.0 Å². The van der Waals surface area contributed by atoms with Crippen LogP contribution in [0.5, 0.6) is 0 Å². The zero-order chi connectivity index (χ0) is 20.0. The number of hydrogen-bond donors (Lipinski definition) is 0. The lowest BCUT2D eigenvalue weighted by molar-refractivity contribution is -0.116. The molecule has 29 heavy (non-hydrogen) atoms. The van der Waals surface area contributed by atoms with Gasteiger partial charge in [-0.05, 0) is 66.9 Å². The number of rotatable bonds is 4. The van der Waals surface area contributed by atoms with Gasteiger partial charge in [-0.15, -0.1) is 0 Å². The van der Waals surface area contributed by atoms with E-state index in [9.17, 15) is 4.79 Å². The number of aromatic nitrogens is 2. The number of carbonyl (C=O) groups excluding carboxylic acids is 1. The van der Waals surface area contributed by atoms with Gasteiger partial charge in [0.15, 0.2) is 5.78 Å². The van der Waals surface area contributed by atoms with Crippen molar-refractivity contribution in [3.63, 3.8) is 0 Å². The highest BCUT2D eigenvalue weighted by molar-refractivity contribution is 6.15. The van der Waals surface area contributed by atoms with Gasteiger partial charge in [0.25, 0.3) is 0 Å². The van der Waals surface area contributed by atoms with Gasteiger partial charge in [-0.3, -0.25) is 19.8 Å². The number of nitrogens with zero attached hydrogens (tertiary/aromatic N) is 3. The number of pyridine rings is 2. The molecule has 0 saturated heterocycles. The SMILES string of the molecule is Cc1cccc([C@H](C)C(=O)C2=Cc3cc4c(cc3C2)CN=C4c2ccncc2)n1. The maximum absolute atomic E-state index is 13.1. The first-order chi connectivity index (χ1) is 14.1. The molecule has 3 aromatic rings. The topological polar surface area (TPSA) is 55.2 Å². The number of benzene rings is 1. The lowest BCUT2D eigenvalue weighted by Crippen LogP contribution is -2.13. The van der Waals surface area contributed by atoms with Crippen LogP contribution in [0.15, 0.2) is 65.4 Å². The van der Waals surface area contributed by atoms with Crippen molar-refractivity contribution in [1.82, 2.24) is 9.97 Å². The Hall–Kier alpha value is -3.40. The van der Waals surface area contributed by atoms with Gasteiger partial charge < -0.3 is 0 Å². The smallest absolute Gasteiger partial charge is 0.167 e. The third-order valence-corrected chi connectivity index (χ3v) is 5.76. The molecule has 4 nitrogen and oxygen atoms in total. The van der Waals surface area contributed by atoms with E-state index in [-0.39, 0.29) is 11.7 Å². The van der Waals surface area contributed by atoms with Gasteiger partial charge in [-0.2, -0.15) is 0 Å². The monoisotopic (exact) mass is 379 g/mol. The fourth-order valence-electron chi connectivity index (χ4n) is 4.18. The third-order valence-electron chi connectivity index (χ3n) is 5.76. The summed E-state index contributed by atoms with van der Waals surface area (Å²) in [6, 6.07) is 14.2. The molecule has 0 saturated carbocycles. The van der Waals surface area contributed by atoms with Crippen LogP contribution in [0.4, 0.5) is 0 Å². The predicted octanol–water partition coefficient (Wildman–Crippen LogP) is 4.45. The minimum Gasteiger partial charge on any atom is -0.294 e. The zero-order valence-electron chi connectivity index (χ0n) is 16.5. The maximum Gasteiger partial charge on any atom is 0.167 e. The maximum atomic E-state index is 13.1. The summed E-state index contributed by atoms with van der Waals surface area (Å²) in [5.41, 5.74) is 9.45. The molecule has 1 aliphatic heterocycles. The third kappa shape index (κ3) is 3.11. The number of fused-ring (bicyclic) bond motifs is 2. The summed E-state index contributed by atoms with van der Waals surface area (Å²) in [5.74, 6) is -0.0845. The van der Waals surface area contributed by atoms with Gasteiger partial charge in [0.1, 0.15) is 0 Å². The van der Waals surface area contributed by atoms with Crippen molar-refractivity contribution < 1.29 is 4.79 Å². The minimum absolute atomic E-state index is 0.155. The molecule has 1 aromatic carbocycles. The van der Waals surface area contributed by atoms with Crippen molar-refractivity contribution >= 4 is 17.6 Å². The molecule has 0 unspecified atom stereocenters. The van der Waals surface area contributed by atoms with E-state index in [1.165, 1.54) is 11.1 Å². The zero-order valence-corrected chi connectivity index (χ0v) is 16.5. The Labute approximate surface area is 170 Å². The van der Waals surface area contributed by atoms with Crippen LogP contribution in [0.3, 0.4) is 0 Å². The second-order valence-electron chi connectivity index (χ2n) is 7.75. The van der Waals surface area contributed by atoms with Crippen LogP contribution in [-0.4, -0.2) is 21.5 Å². The summed E-state index contributed by atoms with van der Waals surface area (Å²) in [6.45, 7) is 4.59. The number of ketones is 1. The van der Waals surface area contributed by atoms with E-state index in [0.29, 0.717) is 13.0 Å². The van der Waals surface area contributed by atoms with Crippen molar-refractivity contribution in [2.24, 2.45) is 4.99 Å². The molecule has 0 spiro atoms. The lowest BCUT2D eigenvalue weighted by atomic mass is 9.94. The molecule has 0 amide bonds. The molecule has 1 atom stereocenters. The van der Waals surface area contributed by atoms with Crippen LogP contribution in [0.25, 0.3) is 6.08 Å². The number of hydrogen-bond acceptors (Lipinski definition) is 4. The van der Waals surface area contributed by atoms with Crippen molar-refractivity contribution in [3.8, 4) is 0 Å². The number of aliphatic imine (C=N–C) groups is 1.